The molecule has 1 aliphatic carbocycles. The van der Waals surface area contributed by atoms with Gasteiger partial charge in [0.25, 0.3) is 0 Å². The third kappa shape index (κ3) is 3.56. The number of Topliss-reactive ketones (excluding diaryl/α,β-unsaturated/α-hetero) is 1. The standard InChI is InChI=1S/C13H25NO2/c1-4-11(2)14(9-10-16-3)12-7-5-6-8-13(12)15/h11-12H,4-10H2,1-3H3. The zero-order chi connectivity index (χ0) is 12.0. The van der Waals surface area contributed by atoms with Crippen LogP contribution in [-0.2, 0) is 9.53 Å². The smallest absolute Gasteiger partial charge is 0.149 e. The number of hydrogen-bond donors (Lipinski definition) is 0. The summed E-state index contributed by atoms with van der Waals surface area (Å²) < 4.78 is 5.14. The summed E-state index contributed by atoms with van der Waals surface area (Å²) in [6.07, 6.45) is 5.16. The van der Waals surface area contributed by atoms with E-state index in [1.54, 1.807) is 7.11 Å². The second-order valence-electron chi connectivity index (χ2n) is 4.72. The number of ether oxygens (including phenoxy) is 1. The molecule has 3 nitrogen and oxygen atoms in total. The molecule has 1 fully saturated rings. The average Bonchev–Trinajstić information content (AvgIpc) is 2.31. The molecule has 0 aromatic rings. The van der Waals surface area contributed by atoms with Crippen LogP contribution in [0, 0.1) is 0 Å². The van der Waals surface area contributed by atoms with Gasteiger partial charge in [0.15, 0.2) is 0 Å². The number of nitrogens with zero attached hydrogens (tertiary/aromatic N) is 1. The van der Waals surface area contributed by atoms with Gasteiger partial charge in [0.2, 0.25) is 0 Å². The molecule has 0 aliphatic heterocycles. The Morgan fingerprint density at radius 2 is 2.25 bits per heavy atom. The lowest BCUT2D eigenvalue weighted by molar-refractivity contribution is -0.127. The molecule has 1 saturated carbocycles. The van der Waals surface area contributed by atoms with E-state index in [2.05, 4.69) is 18.7 Å². The highest BCUT2D eigenvalue weighted by Crippen LogP contribution is 2.22. The lowest BCUT2D eigenvalue weighted by Crippen LogP contribution is -2.48. The fraction of sp³-hybridized carbons (Fsp3) is 0.923. The summed E-state index contributed by atoms with van der Waals surface area (Å²) in [5, 5.41) is 0. The van der Waals surface area contributed by atoms with E-state index in [0.29, 0.717) is 18.4 Å². The lowest BCUT2D eigenvalue weighted by Gasteiger charge is -2.37. The van der Waals surface area contributed by atoms with Crippen LogP contribution in [0.5, 0.6) is 0 Å². The monoisotopic (exact) mass is 227 g/mol. The van der Waals surface area contributed by atoms with Crippen molar-refractivity contribution in [2.24, 2.45) is 0 Å². The number of rotatable bonds is 6. The van der Waals surface area contributed by atoms with Crippen molar-refractivity contribution in [3.8, 4) is 0 Å². The summed E-state index contributed by atoms with van der Waals surface area (Å²) >= 11 is 0. The highest BCUT2D eigenvalue weighted by molar-refractivity contribution is 5.84. The van der Waals surface area contributed by atoms with Crippen LogP contribution >= 0.6 is 0 Å². The number of methoxy groups -OCH3 is 1. The highest BCUT2D eigenvalue weighted by Gasteiger charge is 2.30. The summed E-state index contributed by atoms with van der Waals surface area (Å²) in [4.78, 5) is 14.3. The average molecular weight is 227 g/mol. The van der Waals surface area contributed by atoms with E-state index in [-0.39, 0.29) is 6.04 Å². The fourth-order valence-electron chi connectivity index (χ4n) is 2.43. The van der Waals surface area contributed by atoms with Crippen LogP contribution in [0.25, 0.3) is 0 Å². The van der Waals surface area contributed by atoms with Gasteiger partial charge in [0.05, 0.1) is 12.6 Å². The second-order valence-corrected chi connectivity index (χ2v) is 4.72. The Morgan fingerprint density at radius 1 is 1.50 bits per heavy atom. The maximum atomic E-state index is 11.9. The maximum Gasteiger partial charge on any atom is 0.149 e. The van der Waals surface area contributed by atoms with Gasteiger partial charge in [-0.15, -0.1) is 0 Å². The first-order chi connectivity index (χ1) is 7.70. The number of carbonyl (C=O) groups is 1. The Kier molecular flexibility index (Phi) is 5.99. The Balaban J connectivity index is 2.61. The molecule has 0 spiro atoms. The minimum Gasteiger partial charge on any atom is -0.383 e. The molecule has 94 valence electrons. The second kappa shape index (κ2) is 7.02. The summed E-state index contributed by atoms with van der Waals surface area (Å²) in [5.41, 5.74) is 0. The van der Waals surface area contributed by atoms with Gasteiger partial charge in [-0.25, -0.2) is 0 Å². The van der Waals surface area contributed by atoms with Crippen LogP contribution in [0.1, 0.15) is 46.0 Å². The van der Waals surface area contributed by atoms with E-state index in [1.165, 1.54) is 6.42 Å². The molecule has 2 unspecified atom stereocenters. The topological polar surface area (TPSA) is 29.5 Å². The number of carbonyl (C=O) groups excluding carboxylic acids is 1. The van der Waals surface area contributed by atoms with E-state index in [0.717, 1.165) is 32.2 Å². The minimum absolute atomic E-state index is 0.152. The molecule has 3 heteroatoms. The van der Waals surface area contributed by atoms with Crippen molar-refractivity contribution in [3.05, 3.63) is 0 Å². The molecular formula is C13H25NO2. The summed E-state index contributed by atoms with van der Waals surface area (Å²) in [6.45, 7) is 5.98. The van der Waals surface area contributed by atoms with Gasteiger partial charge in [-0.3, -0.25) is 9.69 Å². The van der Waals surface area contributed by atoms with E-state index in [1.807, 2.05) is 0 Å². The SMILES string of the molecule is CCC(C)N(CCOC)C1CCCCC1=O. The van der Waals surface area contributed by atoms with Gasteiger partial charge < -0.3 is 4.74 Å². The van der Waals surface area contributed by atoms with Crippen LogP contribution in [-0.4, -0.2) is 43.0 Å². The van der Waals surface area contributed by atoms with Crippen molar-refractivity contribution in [2.45, 2.75) is 58.0 Å². The molecule has 0 N–H and O–H groups in total. The Morgan fingerprint density at radius 3 is 2.81 bits per heavy atom. The van der Waals surface area contributed by atoms with Crippen LogP contribution in [0.4, 0.5) is 0 Å². The molecule has 2 atom stereocenters. The minimum atomic E-state index is 0.152. The molecule has 1 aliphatic rings. The van der Waals surface area contributed by atoms with Gasteiger partial charge in [-0.1, -0.05) is 13.3 Å². The Hall–Kier alpha value is -0.410. The van der Waals surface area contributed by atoms with Crippen LogP contribution in [0.2, 0.25) is 0 Å². The van der Waals surface area contributed by atoms with E-state index >= 15 is 0 Å². The van der Waals surface area contributed by atoms with Gasteiger partial charge in [-0.05, 0) is 26.2 Å². The van der Waals surface area contributed by atoms with Crippen molar-refractivity contribution in [1.82, 2.24) is 4.90 Å². The summed E-state index contributed by atoms with van der Waals surface area (Å²) in [5.74, 6) is 0.433. The molecule has 0 bridgehead atoms. The van der Waals surface area contributed by atoms with Gasteiger partial charge in [-0.2, -0.15) is 0 Å². The maximum absolute atomic E-state index is 11.9. The Labute approximate surface area is 99.1 Å². The summed E-state index contributed by atoms with van der Waals surface area (Å²) in [7, 11) is 1.72. The fourth-order valence-corrected chi connectivity index (χ4v) is 2.43. The van der Waals surface area contributed by atoms with Gasteiger partial charge >= 0.3 is 0 Å². The predicted molar refractivity (Wildman–Crippen MR) is 65.6 cm³/mol. The largest absolute Gasteiger partial charge is 0.383 e. The van der Waals surface area contributed by atoms with Gasteiger partial charge in [0, 0.05) is 26.1 Å². The first-order valence-electron chi connectivity index (χ1n) is 6.48. The van der Waals surface area contributed by atoms with Crippen molar-refractivity contribution in [2.75, 3.05) is 20.3 Å². The first-order valence-corrected chi connectivity index (χ1v) is 6.48. The van der Waals surface area contributed by atoms with E-state index in [9.17, 15) is 4.79 Å². The Bertz CT molecular complexity index is 218. The molecule has 16 heavy (non-hydrogen) atoms. The molecule has 0 heterocycles. The van der Waals surface area contributed by atoms with Crippen molar-refractivity contribution < 1.29 is 9.53 Å². The third-order valence-corrected chi connectivity index (χ3v) is 3.63. The molecular weight excluding hydrogens is 202 g/mol. The van der Waals surface area contributed by atoms with E-state index < -0.39 is 0 Å². The summed E-state index contributed by atoms with van der Waals surface area (Å²) in [6, 6.07) is 0.626. The zero-order valence-corrected chi connectivity index (χ0v) is 10.9. The van der Waals surface area contributed by atoms with E-state index in [4.69, 9.17) is 4.74 Å². The van der Waals surface area contributed by atoms with Crippen molar-refractivity contribution in [1.29, 1.82) is 0 Å². The molecule has 0 radical (unpaired) electrons. The van der Waals surface area contributed by atoms with Crippen molar-refractivity contribution in [3.63, 3.8) is 0 Å². The van der Waals surface area contributed by atoms with Crippen LogP contribution in [0.15, 0.2) is 0 Å². The number of hydrogen-bond acceptors (Lipinski definition) is 3. The molecule has 0 amide bonds. The van der Waals surface area contributed by atoms with Gasteiger partial charge in [0.1, 0.15) is 5.78 Å². The van der Waals surface area contributed by atoms with Crippen molar-refractivity contribution >= 4 is 5.78 Å². The highest BCUT2D eigenvalue weighted by atomic mass is 16.5. The first kappa shape index (κ1) is 13.7. The molecule has 1 rings (SSSR count). The van der Waals surface area contributed by atoms with Crippen LogP contribution < -0.4 is 0 Å². The zero-order valence-electron chi connectivity index (χ0n) is 10.9. The molecule has 0 aromatic heterocycles. The normalized spacial score (nSPS) is 23.8. The predicted octanol–water partition coefficient (Wildman–Crippen LogP) is 2.25. The lowest BCUT2D eigenvalue weighted by atomic mass is 9.91. The number of ketones is 1. The molecule has 0 saturated heterocycles. The third-order valence-electron chi connectivity index (χ3n) is 3.63. The quantitative estimate of drug-likeness (QED) is 0.697. The van der Waals surface area contributed by atoms with Crippen LogP contribution in [0.3, 0.4) is 0 Å². The molecule has 0 aromatic carbocycles.